The number of pyridine rings is 1. The van der Waals surface area contributed by atoms with E-state index in [9.17, 15) is 0 Å². The van der Waals surface area contributed by atoms with Gasteiger partial charge in [0.05, 0.1) is 5.69 Å². The smallest absolute Gasteiger partial charge is 0.242 e. The van der Waals surface area contributed by atoms with E-state index in [4.69, 9.17) is 22.1 Å². The SMILES string of the molecule is Cc1ccnc(Oc2cc(C)c(Cl)c(C)c2)c1N. The first-order valence-electron chi connectivity index (χ1n) is 5.64. The summed E-state index contributed by atoms with van der Waals surface area (Å²) in [4.78, 5) is 4.14. The Kier molecular flexibility index (Phi) is 3.43. The quantitative estimate of drug-likeness (QED) is 0.889. The zero-order valence-corrected chi connectivity index (χ0v) is 11.4. The molecule has 0 saturated heterocycles. The first kappa shape index (κ1) is 12.7. The molecule has 2 aromatic rings. The van der Waals surface area contributed by atoms with Crippen molar-refractivity contribution in [2.45, 2.75) is 20.8 Å². The maximum atomic E-state index is 6.11. The Hall–Kier alpha value is -1.74. The number of hydrogen-bond acceptors (Lipinski definition) is 3. The molecule has 1 aromatic carbocycles. The van der Waals surface area contributed by atoms with Crippen LogP contribution in [0.15, 0.2) is 24.4 Å². The Labute approximate surface area is 112 Å². The summed E-state index contributed by atoms with van der Waals surface area (Å²) in [6, 6.07) is 5.60. The van der Waals surface area contributed by atoms with Gasteiger partial charge in [0.15, 0.2) is 0 Å². The summed E-state index contributed by atoms with van der Waals surface area (Å²) in [6.45, 7) is 5.80. The van der Waals surface area contributed by atoms with Gasteiger partial charge in [-0.05, 0) is 55.7 Å². The molecule has 0 unspecified atom stereocenters. The Morgan fingerprint density at radius 1 is 1.11 bits per heavy atom. The number of aryl methyl sites for hydroxylation is 3. The van der Waals surface area contributed by atoms with Crippen LogP contribution in [-0.2, 0) is 0 Å². The molecule has 0 aliphatic rings. The van der Waals surface area contributed by atoms with E-state index in [2.05, 4.69) is 4.98 Å². The lowest BCUT2D eigenvalue weighted by molar-refractivity contribution is 0.464. The van der Waals surface area contributed by atoms with Gasteiger partial charge in [-0.15, -0.1) is 0 Å². The third-order valence-electron chi connectivity index (χ3n) is 2.80. The van der Waals surface area contributed by atoms with Crippen LogP contribution in [0.1, 0.15) is 16.7 Å². The van der Waals surface area contributed by atoms with E-state index in [0.29, 0.717) is 17.3 Å². The number of rotatable bonds is 2. The zero-order valence-electron chi connectivity index (χ0n) is 10.6. The van der Waals surface area contributed by atoms with E-state index in [-0.39, 0.29) is 0 Å². The van der Waals surface area contributed by atoms with Crippen molar-refractivity contribution in [1.82, 2.24) is 4.98 Å². The minimum absolute atomic E-state index is 0.427. The lowest BCUT2D eigenvalue weighted by Gasteiger charge is -2.11. The van der Waals surface area contributed by atoms with Crippen LogP contribution < -0.4 is 10.5 Å². The average Bonchev–Trinajstić information content (AvgIpc) is 2.32. The van der Waals surface area contributed by atoms with Crippen molar-refractivity contribution in [2.75, 3.05) is 5.73 Å². The number of benzene rings is 1. The second-order valence-electron chi connectivity index (χ2n) is 4.32. The standard InChI is InChI=1S/C14H15ClN2O/c1-8-4-5-17-14(13(8)16)18-11-6-9(2)12(15)10(3)7-11/h4-7H,16H2,1-3H3. The van der Waals surface area contributed by atoms with Crippen LogP contribution in [0.5, 0.6) is 11.6 Å². The van der Waals surface area contributed by atoms with E-state index in [1.54, 1.807) is 6.20 Å². The highest BCUT2D eigenvalue weighted by atomic mass is 35.5. The molecule has 18 heavy (non-hydrogen) atoms. The third kappa shape index (κ3) is 2.41. The molecule has 3 nitrogen and oxygen atoms in total. The van der Waals surface area contributed by atoms with Crippen molar-refractivity contribution >= 4 is 17.3 Å². The van der Waals surface area contributed by atoms with Crippen molar-refractivity contribution in [1.29, 1.82) is 0 Å². The number of halogens is 1. The fourth-order valence-electron chi connectivity index (χ4n) is 1.70. The molecule has 0 saturated carbocycles. The summed E-state index contributed by atoms with van der Waals surface area (Å²) >= 11 is 6.11. The van der Waals surface area contributed by atoms with E-state index in [1.165, 1.54) is 0 Å². The van der Waals surface area contributed by atoms with Gasteiger partial charge >= 0.3 is 0 Å². The molecular formula is C14H15ClN2O. The van der Waals surface area contributed by atoms with E-state index in [0.717, 1.165) is 21.7 Å². The van der Waals surface area contributed by atoms with Crippen LogP contribution in [-0.4, -0.2) is 4.98 Å². The second kappa shape index (κ2) is 4.86. The number of aromatic nitrogens is 1. The molecule has 1 aromatic heterocycles. The summed E-state index contributed by atoms with van der Waals surface area (Å²) in [5.41, 5.74) is 9.37. The highest BCUT2D eigenvalue weighted by Gasteiger charge is 2.08. The molecule has 0 spiro atoms. The van der Waals surface area contributed by atoms with Gasteiger partial charge in [-0.2, -0.15) is 0 Å². The highest BCUT2D eigenvalue weighted by molar-refractivity contribution is 6.32. The van der Waals surface area contributed by atoms with Gasteiger partial charge in [0.25, 0.3) is 0 Å². The Bertz CT molecular complexity index is 573. The summed E-state index contributed by atoms with van der Waals surface area (Å²) in [5, 5.41) is 0.757. The van der Waals surface area contributed by atoms with E-state index < -0.39 is 0 Å². The van der Waals surface area contributed by atoms with Crippen LogP contribution in [0.2, 0.25) is 5.02 Å². The molecular weight excluding hydrogens is 248 g/mol. The first-order valence-corrected chi connectivity index (χ1v) is 6.02. The van der Waals surface area contributed by atoms with E-state index in [1.807, 2.05) is 39.0 Å². The molecule has 1 heterocycles. The summed E-state index contributed by atoms with van der Waals surface area (Å²) in [6.07, 6.45) is 1.68. The fourth-order valence-corrected chi connectivity index (χ4v) is 1.81. The van der Waals surface area contributed by atoms with Crippen LogP contribution in [0.4, 0.5) is 5.69 Å². The van der Waals surface area contributed by atoms with E-state index >= 15 is 0 Å². The molecule has 0 aliphatic carbocycles. The van der Waals surface area contributed by atoms with Crippen molar-refractivity contribution in [2.24, 2.45) is 0 Å². The predicted molar refractivity (Wildman–Crippen MR) is 74.4 cm³/mol. The molecule has 0 radical (unpaired) electrons. The molecule has 0 amide bonds. The molecule has 2 rings (SSSR count). The summed E-state index contributed by atoms with van der Waals surface area (Å²) < 4.78 is 5.71. The van der Waals surface area contributed by atoms with Gasteiger partial charge < -0.3 is 10.5 Å². The van der Waals surface area contributed by atoms with Crippen molar-refractivity contribution in [3.8, 4) is 11.6 Å². The first-order chi connectivity index (χ1) is 8.49. The second-order valence-corrected chi connectivity index (χ2v) is 4.70. The molecule has 0 bridgehead atoms. The van der Waals surface area contributed by atoms with Gasteiger partial charge in [0, 0.05) is 11.2 Å². The maximum Gasteiger partial charge on any atom is 0.242 e. The molecule has 4 heteroatoms. The normalized spacial score (nSPS) is 10.4. The van der Waals surface area contributed by atoms with Gasteiger partial charge in [-0.25, -0.2) is 4.98 Å². The van der Waals surface area contributed by atoms with Crippen LogP contribution in [0, 0.1) is 20.8 Å². The topological polar surface area (TPSA) is 48.1 Å². The highest BCUT2D eigenvalue weighted by Crippen LogP contribution is 2.31. The van der Waals surface area contributed by atoms with Crippen LogP contribution >= 0.6 is 11.6 Å². The Morgan fingerprint density at radius 3 is 2.33 bits per heavy atom. The van der Waals surface area contributed by atoms with Gasteiger partial charge in [0.1, 0.15) is 5.75 Å². The average molecular weight is 263 g/mol. The minimum atomic E-state index is 0.427. The number of hydrogen-bond donors (Lipinski definition) is 1. The van der Waals surface area contributed by atoms with Gasteiger partial charge in [-0.1, -0.05) is 11.6 Å². The summed E-state index contributed by atoms with van der Waals surface area (Å²) in [5.74, 6) is 1.12. The van der Waals surface area contributed by atoms with Crippen LogP contribution in [0.3, 0.4) is 0 Å². The molecule has 94 valence electrons. The number of nitrogen functional groups attached to an aromatic ring is 1. The molecule has 0 aliphatic heterocycles. The Balaban J connectivity index is 2.37. The molecule has 2 N–H and O–H groups in total. The minimum Gasteiger partial charge on any atom is -0.437 e. The number of nitrogens with two attached hydrogens (primary N) is 1. The largest absolute Gasteiger partial charge is 0.437 e. The predicted octanol–water partition coefficient (Wildman–Crippen LogP) is 4.03. The lowest BCUT2D eigenvalue weighted by Crippen LogP contribution is -1.97. The third-order valence-corrected chi connectivity index (χ3v) is 3.39. The number of ether oxygens (including phenoxy) is 1. The summed E-state index contributed by atoms with van der Waals surface area (Å²) in [7, 11) is 0. The van der Waals surface area contributed by atoms with Crippen molar-refractivity contribution < 1.29 is 4.74 Å². The molecule has 0 atom stereocenters. The monoisotopic (exact) mass is 262 g/mol. The molecule has 0 fully saturated rings. The van der Waals surface area contributed by atoms with Crippen molar-refractivity contribution in [3.05, 3.63) is 46.1 Å². The van der Waals surface area contributed by atoms with Gasteiger partial charge in [-0.3, -0.25) is 0 Å². The van der Waals surface area contributed by atoms with Gasteiger partial charge in [0.2, 0.25) is 5.88 Å². The van der Waals surface area contributed by atoms with Crippen LogP contribution in [0.25, 0.3) is 0 Å². The lowest BCUT2D eigenvalue weighted by atomic mass is 10.1. The Morgan fingerprint density at radius 2 is 1.72 bits per heavy atom. The fraction of sp³-hybridized carbons (Fsp3) is 0.214. The maximum absolute atomic E-state index is 6.11. The number of nitrogens with zero attached hydrogens (tertiary/aromatic N) is 1. The zero-order chi connectivity index (χ0) is 13.3. The van der Waals surface area contributed by atoms with Crippen molar-refractivity contribution in [3.63, 3.8) is 0 Å². The number of anilines is 1.